The van der Waals surface area contributed by atoms with Gasteiger partial charge in [-0.15, -0.1) is 11.3 Å². The van der Waals surface area contributed by atoms with Crippen LogP contribution in [0.25, 0.3) is 10.2 Å². The van der Waals surface area contributed by atoms with Crippen LogP contribution in [0.5, 0.6) is 5.75 Å². The normalized spacial score (nSPS) is 16.9. The molecule has 0 aliphatic carbocycles. The molecular formula is C29H34N6O4S. The summed E-state index contributed by atoms with van der Waals surface area (Å²) in [6, 6.07) is 6.90. The van der Waals surface area contributed by atoms with Gasteiger partial charge in [-0.2, -0.15) is 0 Å². The molecule has 2 aliphatic rings. The summed E-state index contributed by atoms with van der Waals surface area (Å²) in [6.45, 7) is 7.57. The van der Waals surface area contributed by atoms with Gasteiger partial charge in [0.25, 0.3) is 5.91 Å². The second kappa shape index (κ2) is 11.3. The van der Waals surface area contributed by atoms with Crippen LogP contribution >= 0.6 is 11.3 Å². The van der Waals surface area contributed by atoms with E-state index in [0.717, 1.165) is 22.4 Å². The van der Waals surface area contributed by atoms with Crippen molar-refractivity contribution in [3.8, 4) is 5.75 Å². The summed E-state index contributed by atoms with van der Waals surface area (Å²) in [5.41, 5.74) is 2.74. The predicted octanol–water partition coefficient (Wildman–Crippen LogP) is 4.52. The van der Waals surface area contributed by atoms with Gasteiger partial charge in [0, 0.05) is 37.9 Å². The number of likely N-dealkylation sites (tertiary alicyclic amines) is 1. The van der Waals surface area contributed by atoms with Gasteiger partial charge in [0.2, 0.25) is 5.91 Å². The van der Waals surface area contributed by atoms with Crippen LogP contribution in [0.1, 0.15) is 35.5 Å². The van der Waals surface area contributed by atoms with Crippen molar-refractivity contribution < 1.29 is 19.1 Å². The Morgan fingerprint density at radius 2 is 2.08 bits per heavy atom. The van der Waals surface area contributed by atoms with Crippen molar-refractivity contribution in [1.82, 2.24) is 20.1 Å². The highest BCUT2D eigenvalue weighted by molar-refractivity contribution is 7.21. The SMILES string of the molecule is Cc1cc(OC(C)C)ccc1N1C(=O)Nc2c(C(=O)N[C@@H]3CCN(C(=O)/C=C/CN(C)C)C3)sc3nccc1c23. The molecule has 1 fully saturated rings. The summed E-state index contributed by atoms with van der Waals surface area (Å²) < 4.78 is 5.81. The Morgan fingerprint density at radius 1 is 1.27 bits per heavy atom. The Balaban J connectivity index is 1.37. The Hall–Kier alpha value is -3.96. The molecule has 10 nitrogen and oxygen atoms in total. The first-order valence-electron chi connectivity index (χ1n) is 13.3. The summed E-state index contributed by atoms with van der Waals surface area (Å²) in [5.74, 6) is 0.392. The standard InChI is InChI=1S/C29H34N6O4S/c1-17(2)39-20-8-9-21(18(3)15-20)35-22-10-12-30-28-24(22)25(32-29(35)38)26(40-28)27(37)31-19-11-14-34(16-19)23(36)7-6-13-33(4)5/h6-10,12,15,17,19H,11,13-14,16H2,1-5H3,(H,31,37)(H,32,38)/b7-6+/t19-/m1/s1. The monoisotopic (exact) mass is 562 g/mol. The zero-order valence-corrected chi connectivity index (χ0v) is 24.2. The molecule has 0 saturated carbocycles. The van der Waals surface area contributed by atoms with Gasteiger partial charge in [-0.3, -0.25) is 14.5 Å². The van der Waals surface area contributed by atoms with Crippen LogP contribution in [0.4, 0.5) is 21.9 Å². The summed E-state index contributed by atoms with van der Waals surface area (Å²) in [7, 11) is 3.88. The Labute approximate surface area is 237 Å². The number of amides is 4. The maximum atomic E-state index is 13.5. The third-order valence-corrected chi connectivity index (χ3v) is 7.90. The molecule has 1 atom stereocenters. The van der Waals surface area contributed by atoms with Gasteiger partial charge >= 0.3 is 6.03 Å². The largest absolute Gasteiger partial charge is 0.491 e. The number of benzene rings is 1. The number of anilines is 3. The molecule has 2 aromatic heterocycles. The third kappa shape index (κ3) is 5.52. The molecule has 210 valence electrons. The lowest BCUT2D eigenvalue weighted by Crippen LogP contribution is -2.39. The van der Waals surface area contributed by atoms with E-state index in [4.69, 9.17) is 4.74 Å². The number of hydrogen-bond donors (Lipinski definition) is 2. The summed E-state index contributed by atoms with van der Waals surface area (Å²) in [6.07, 6.45) is 5.78. The molecule has 0 unspecified atom stereocenters. The van der Waals surface area contributed by atoms with Crippen molar-refractivity contribution >= 4 is 56.5 Å². The smallest absolute Gasteiger partial charge is 0.331 e. The van der Waals surface area contributed by atoms with Gasteiger partial charge in [0.05, 0.1) is 28.6 Å². The van der Waals surface area contributed by atoms with E-state index in [1.165, 1.54) is 11.3 Å². The van der Waals surface area contributed by atoms with Gasteiger partial charge < -0.3 is 25.2 Å². The number of nitrogens with zero attached hydrogens (tertiary/aromatic N) is 4. The first kappa shape index (κ1) is 27.6. The van der Waals surface area contributed by atoms with Crippen molar-refractivity contribution in [1.29, 1.82) is 0 Å². The molecule has 2 N–H and O–H groups in total. The fraction of sp³-hybridized carbons (Fsp3) is 0.379. The van der Waals surface area contributed by atoms with Crippen molar-refractivity contribution in [2.75, 3.05) is 43.9 Å². The van der Waals surface area contributed by atoms with Crippen molar-refractivity contribution in [2.45, 2.75) is 39.3 Å². The van der Waals surface area contributed by atoms with E-state index >= 15 is 0 Å². The number of ether oxygens (including phenoxy) is 1. The number of pyridine rings is 1. The third-order valence-electron chi connectivity index (χ3n) is 6.80. The van der Waals surface area contributed by atoms with Crippen molar-refractivity contribution in [3.63, 3.8) is 0 Å². The zero-order valence-electron chi connectivity index (χ0n) is 23.4. The summed E-state index contributed by atoms with van der Waals surface area (Å²) >= 11 is 1.25. The molecule has 3 aromatic rings. The van der Waals surface area contributed by atoms with Crippen LogP contribution in [0, 0.1) is 6.92 Å². The topological polar surface area (TPSA) is 107 Å². The van der Waals surface area contributed by atoms with E-state index in [1.807, 2.05) is 64.0 Å². The number of rotatable bonds is 8. The summed E-state index contributed by atoms with van der Waals surface area (Å²) in [4.78, 5) is 50.3. The van der Waals surface area contributed by atoms with E-state index < -0.39 is 0 Å². The number of aryl methyl sites for hydroxylation is 1. The van der Waals surface area contributed by atoms with Crippen LogP contribution < -0.4 is 20.3 Å². The first-order valence-corrected chi connectivity index (χ1v) is 14.1. The van der Waals surface area contributed by atoms with Crippen LogP contribution in [0.3, 0.4) is 0 Å². The van der Waals surface area contributed by atoms with Gasteiger partial charge in [-0.05, 0) is 71.1 Å². The van der Waals surface area contributed by atoms with Gasteiger partial charge in [0.1, 0.15) is 15.5 Å². The van der Waals surface area contributed by atoms with E-state index in [9.17, 15) is 14.4 Å². The lowest BCUT2D eigenvalue weighted by molar-refractivity contribution is -0.125. The molecule has 0 spiro atoms. The minimum atomic E-state index is -0.352. The number of likely N-dealkylation sites (N-methyl/N-ethyl adjacent to an activating group) is 1. The first-order chi connectivity index (χ1) is 19.1. The second-order valence-electron chi connectivity index (χ2n) is 10.6. The highest BCUT2D eigenvalue weighted by atomic mass is 32.1. The van der Waals surface area contributed by atoms with Crippen LogP contribution in [0.2, 0.25) is 0 Å². The van der Waals surface area contributed by atoms with E-state index in [1.54, 1.807) is 28.1 Å². The fourth-order valence-corrected chi connectivity index (χ4v) is 6.03. The molecular weight excluding hydrogens is 528 g/mol. The van der Waals surface area contributed by atoms with Crippen LogP contribution in [-0.4, -0.2) is 78.5 Å². The average Bonchev–Trinajstić information content (AvgIpc) is 3.50. The van der Waals surface area contributed by atoms with Crippen molar-refractivity contribution in [2.24, 2.45) is 0 Å². The molecule has 1 saturated heterocycles. The number of hydrogen-bond acceptors (Lipinski definition) is 7. The average molecular weight is 563 g/mol. The lowest BCUT2D eigenvalue weighted by atomic mass is 10.1. The molecule has 11 heteroatoms. The van der Waals surface area contributed by atoms with E-state index in [-0.39, 0.29) is 30.0 Å². The van der Waals surface area contributed by atoms with Crippen LogP contribution in [0.15, 0.2) is 42.6 Å². The molecule has 4 amide bonds. The van der Waals surface area contributed by atoms with Crippen LogP contribution in [-0.2, 0) is 4.79 Å². The number of nitrogens with one attached hydrogen (secondary N) is 2. The highest BCUT2D eigenvalue weighted by Crippen LogP contribution is 2.46. The molecule has 2 aliphatic heterocycles. The van der Waals surface area contributed by atoms with E-state index in [2.05, 4.69) is 15.6 Å². The number of carbonyl (C=O) groups excluding carboxylic acids is 3. The summed E-state index contributed by atoms with van der Waals surface area (Å²) in [5, 5.41) is 6.74. The lowest BCUT2D eigenvalue weighted by Gasteiger charge is -2.29. The minimum Gasteiger partial charge on any atom is -0.491 e. The molecule has 4 heterocycles. The molecule has 40 heavy (non-hydrogen) atoms. The quantitative estimate of drug-likeness (QED) is 0.391. The second-order valence-corrected chi connectivity index (χ2v) is 11.6. The Bertz CT molecular complexity index is 1500. The van der Waals surface area contributed by atoms with Gasteiger partial charge in [-0.25, -0.2) is 9.78 Å². The molecule has 0 bridgehead atoms. The molecule has 0 radical (unpaired) electrons. The molecule has 5 rings (SSSR count). The maximum Gasteiger partial charge on any atom is 0.331 e. The number of carbonyl (C=O) groups is 3. The Kier molecular flexibility index (Phi) is 7.77. The van der Waals surface area contributed by atoms with Crippen molar-refractivity contribution in [3.05, 3.63) is 53.1 Å². The highest BCUT2D eigenvalue weighted by Gasteiger charge is 2.34. The predicted molar refractivity (Wildman–Crippen MR) is 158 cm³/mol. The minimum absolute atomic E-state index is 0.0407. The number of aromatic nitrogens is 1. The number of thiophene rings is 1. The van der Waals surface area contributed by atoms with Gasteiger partial charge in [-0.1, -0.05) is 6.08 Å². The number of urea groups is 1. The Morgan fingerprint density at radius 3 is 2.80 bits per heavy atom. The maximum absolute atomic E-state index is 13.5. The zero-order chi connectivity index (χ0) is 28.6. The van der Waals surface area contributed by atoms with E-state index in [0.29, 0.717) is 47.1 Å². The van der Waals surface area contributed by atoms with Gasteiger partial charge in [0.15, 0.2) is 0 Å². The molecule has 1 aromatic carbocycles. The fourth-order valence-electron chi connectivity index (χ4n) is 5.01.